The molecular weight excluding hydrogens is 158 g/mol. The van der Waals surface area contributed by atoms with Crippen molar-refractivity contribution < 1.29 is 24.7 Å². The first kappa shape index (κ1) is 9.08. The summed E-state index contributed by atoms with van der Waals surface area (Å²) in [4.78, 5) is 28.2. The minimum Gasteiger partial charge on any atom is -0.478 e. The average molecular weight is 161 g/mol. The molecule has 0 aliphatic carbocycles. The van der Waals surface area contributed by atoms with Crippen LogP contribution in [0.1, 0.15) is 0 Å². The normalized spacial score (nSPS) is 10.7. The van der Waals surface area contributed by atoms with Crippen LogP contribution in [0.25, 0.3) is 0 Å². The van der Waals surface area contributed by atoms with Crippen LogP contribution in [-0.4, -0.2) is 27.1 Å². The highest BCUT2D eigenvalue weighted by Crippen LogP contribution is 1.94. The summed E-state index contributed by atoms with van der Waals surface area (Å²) in [6.45, 7) is 0. The quantitative estimate of drug-likeness (QED) is 0.321. The largest absolute Gasteiger partial charge is 0.478 e. The van der Waals surface area contributed by atoms with Crippen LogP contribution in [0.3, 0.4) is 0 Å². The van der Waals surface area contributed by atoms with Gasteiger partial charge in [-0.05, 0) is 0 Å². The van der Waals surface area contributed by atoms with Crippen LogP contribution >= 0.6 is 0 Å². The summed E-state index contributed by atoms with van der Waals surface area (Å²) >= 11 is 0. The fourth-order valence-corrected chi connectivity index (χ4v) is 0.309. The second kappa shape index (κ2) is 3.30. The van der Waals surface area contributed by atoms with Gasteiger partial charge in [-0.3, -0.25) is 10.1 Å². The summed E-state index contributed by atoms with van der Waals surface area (Å²) in [5, 5.41) is 25.7. The van der Waals surface area contributed by atoms with Crippen LogP contribution in [0.5, 0.6) is 0 Å². The average Bonchev–Trinajstić information content (AvgIpc) is 1.81. The molecule has 0 aromatic heterocycles. The Labute approximate surface area is 59.7 Å². The molecule has 2 N–H and O–H groups in total. The number of nitrogens with zero attached hydrogens (tertiary/aromatic N) is 1. The first-order valence-corrected chi connectivity index (χ1v) is 2.27. The van der Waals surface area contributed by atoms with E-state index in [4.69, 9.17) is 10.2 Å². The van der Waals surface area contributed by atoms with Gasteiger partial charge in [0, 0.05) is 0 Å². The Hall–Kier alpha value is -1.92. The maximum atomic E-state index is 9.90. The maximum Gasteiger partial charge on any atom is 0.407 e. The number of nitro groups is 1. The first-order chi connectivity index (χ1) is 4.95. The van der Waals surface area contributed by atoms with E-state index in [1.54, 1.807) is 0 Å². The number of hydrogen-bond acceptors (Lipinski definition) is 4. The molecule has 0 heterocycles. The molecule has 0 fully saturated rings. The topological polar surface area (TPSA) is 118 Å². The lowest BCUT2D eigenvalue weighted by atomic mass is 10.4. The van der Waals surface area contributed by atoms with Crippen LogP contribution in [0.15, 0.2) is 11.8 Å². The van der Waals surface area contributed by atoms with E-state index in [1.165, 1.54) is 0 Å². The molecule has 11 heavy (non-hydrogen) atoms. The van der Waals surface area contributed by atoms with E-state index in [9.17, 15) is 19.7 Å². The lowest BCUT2D eigenvalue weighted by Crippen LogP contribution is -2.12. The third-order valence-corrected chi connectivity index (χ3v) is 0.676. The van der Waals surface area contributed by atoms with Crippen LogP contribution < -0.4 is 0 Å². The van der Waals surface area contributed by atoms with Gasteiger partial charge in [-0.25, -0.2) is 9.59 Å². The van der Waals surface area contributed by atoms with Gasteiger partial charge >= 0.3 is 17.6 Å². The summed E-state index contributed by atoms with van der Waals surface area (Å²) in [5.74, 6) is -3.54. The lowest BCUT2D eigenvalue weighted by Gasteiger charge is -1.87. The van der Waals surface area contributed by atoms with Gasteiger partial charge in [-0.15, -0.1) is 0 Å². The molecule has 0 saturated heterocycles. The molecule has 0 radical (unpaired) electrons. The monoisotopic (exact) mass is 161 g/mol. The van der Waals surface area contributed by atoms with Crippen LogP contribution in [0.2, 0.25) is 0 Å². The molecule has 0 atom stereocenters. The molecule has 0 rings (SSSR count). The van der Waals surface area contributed by atoms with Crippen molar-refractivity contribution in [3.05, 3.63) is 21.9 Å². The molecule has 0 bridgehead atoms. The van der Waals surface area contributed by atoms with Gasteiger partial charge in [0.1, 0.15) is 6.08 Å². The zero-order valence-electron chi connectivity index (χ0n) is 5.05. The van der Waals surface area contributed by atoms with Crippen LogP contribution in [0, 0.1) is 10.1 Å². The van der Waals surface area contributed by atoms with Crippen LogP contribution in [-0.2, 0) is 9.59 Å². The molecule has 0 unspecified atom stereocenters. The smallest absolute Gasteiger partial charge is 0.407 e. The molecule has 7 heteroatoms. The number of rotatable bonds is 3. The van der Waals surface area contributed by atoms with E-state index in [1.807, 2.05) is 0 Å². The Morgan fingerprint density at radius 1 is 1.36 bits per heavy atom. The number of aliphatic carboxylic acids is 2. The van der Waals surface area contributed by atoms with E-state index in [0.717, 1.165) is 0 Å². The lowest BCUT2D eigenvalue weighted by molar-refractivity contribution is -0.421. The molecular formula is C4H3NO6. The standard InChI is InChI=1S/C4H3NO6/c6-3(7)1-2(4(8)9)5(10)11/h1H,(H,6,7)(H,8,9)/b2-1-. The number of carboxylic acid groups (broad SMARTS) is 2. The van der Waals surface area contributed by atoms with Crippen LogP contribution in [0.4, 0.5) is 0 Å². The van der Waals surface area contributed by atoms with Gasteiger partial charge in [-0.2, -0.15) is 0 Å². The van der Waals surface area contributed by atoms with Gasteiger partial charge in [0.2, 0.25) is 0 Å². The van der Waals surface area contributed by atoms with Crippen molar-refractivity contribution in [2.75, 3.05) is 0 Å². The number of hydrogen-bond donors (Lipinski definition) is 2. The van der Waals surface area contributed by atoms with Gasteiger partial charge in [0.25, 0.3) is 0 Å². The van der Waals surface area contributed by atoms with Crippen molar-refractivity contribution in [2.45, 2.75) is 0 Å². The summed E-state index contributed by atoms with van der Waals surface area (Å²) in [7, 11) is 0. The Morgan fingerprint density at radius 2 is 1.82 bits per heavy atom. The third kappa shape index (κ3) is 2.94. The molecule has 0 saturated carbocycles. The van der Waals surface area contributed by atoms with Crippen molar-refractivity contribution in [1.29, 1.82) is 0 Å². The molecule has 0 amide bonds. The van der Waals surface area contributed by atoms with Crippen molar-refractivity contribution in [3.8, 4) is 0 Å². The Bertz CT molecular complexity index is 225. The first-order valence-electron chi connectivity index (χ1n) is 2.27. The highest BCUT2D eigenvalue weighted by atomic mass is 16.6. The SMILES string of the molecule is O=C(O)/C=C(/C(=O)O)[N+](=O)[O-]. The van der Waals surface area contributed by atoms with E-state index >= 15 is 0 Å². The number of carbonyl (C=O) groups is 2. The Balaban J connectivity index is 4.75. The summed E-state index contributed by atoms with van der Waals surface area (Å²) in [6.07, 6.45) is 0.0162. The summed E-state index contributed by atoms with van der Waals surface area (Å²) in [5.41, 5.74) is -1.36. The predicted octanol–water partition coefficient (Wildman–Crippen LogP) is -0.684. The molecule has 0 aromatic rings. The van der Waals surface area contributed by atoms with Crippen molar-refractivity contribution in [2.24, 2.45) is 0 Å². The highest BCUT2D eigenvalue weighted by Gasteiger charge is 2.21. The molecule has 0 spiro atoms. The van der Waals surface area contributed by atoms with E-state index in [2.05, 4.69) is 0 Å². The van der Waals surface area contributed by atoms with Crippen molar-refractivity contribution in [1.82, 2.24) is 0 Å². The molecule has 0 aliphatic rings. The minimum absolute atomic E-state index is 0.0162. The van der Waals surface area contributed by atoms with Crippen molar-refractivity contribution in [3.63, 3.8) is 0 Å². The van der Waals surface area contributed by atoms with Gasteiger partial charge in [-0.1, -0.05) is 0 Å². The minimum atomic E-state index is -1.88. The fourth-order valence-electron chi connectivity index (χ4n) is 0.309. The van der Waals surface area contributed by atoms with E-state index in [-0.39, 0.29) is 6.08 Å². The Morgan fingerprint density at radius 3 is 1.91 bits per heavy atom. The van der Waals surface area contributed by atoms with Gasteiger partial charge in [0.15, 0.2) is 0 Å². The van der Waals surface area contributed by atoms with Gasteiger partial charge in [0.05, 0.1) is 4.92 Å². The van der Waals surface area contributed by atoms with E-state index in [0.29, 0.717) is 0 Å². The third-order valence-electron chi connectivity index (χ3n) is 0.676. The maximum absolute atomic E-state index is 9.90. The Kier molecular flexibility index (Phi) is 2.72. The molecule has 0 aliphatic heterocycles. The van der Waals surface area contributed by atoms with E-state index < -0.39 is 22.6 Å². The second-order valence-corrected chi connectivity index (χ2v) is 1.43. The zero-order chi connectivity index (χ0) is 9.02. The van der Waals surface area contributed by atoms with Crippen molar-refractivity contribution >= 4 is 11.9 Å². The van der Waals surface area contributed by atoms with Gasteiger partial charge < -0.3 is 10.2 Å². The number of carboxylic acids is 2. The fraction of sp³-hybridized carbons (Fsp3) is 0. The molecule has 60 valence electrons. The highest BCUT2D eigenvalue weighted by molar-refractivity contribution is 5.92. The second-order valence-electron chi connectivity index (χ2n) is 1.43. The summed E-state index contributed by atoms with van der Waals surface area (Å²) < 4.78 is 0. The molecule has 0 aromatic carbocycles. The zero-order valence-corrected chi connectivity index (χ0v) is 5.05. The molecule has 7 nitrogen and oxygen atoms in total. The predicted molar refractivity (Wildman–Crippen MR) is 30.3 cm³/mol. The summed E-state index contributed by atoms with van der Waals surface area (Å²) in [6, 6.07) is 0.